The van der Waals surface area contributed by atoms with Crippen molar-refractivity contribution in [1.82, 2.24) is 9.88 Å². The van der Waals surface area contributed by atoms with Crippen LogP contribution in [0.25, 0.3) is 0 Å². The number of rotatable bonds is 6. The van der Waals surface area contributed by atoms with E-state index in [1.165, 1.54) is 16.7 Å². The number of benzene rings is 1. The molecule has 4 nitrogen and oxygen atoms in total. The zero-order valence-electron chi connectivity index (χ0n) is 15.2. The van der Waals surface area contributed by atoms with Crippen LogP contribution >= 0.6 is 0 Å². The molecular formula is C21H27N3O. The predicted molar refractivity (Wildman–Crippen MR) is 102 cm³/mol. The number of hydrogen-bond donors (Lipinski definition) is 0. The number of anilines is 1. The second-order valence-electron chi connectivity index (χ2n) is 6.53. The maximum Gasteiger partial charge on any atom is 0.223 e. The minimum atomic E-state index is 0.246. The highest BCUT2D eigenvalue weighted by molar-refractivity contribution is 5.76. The maximum absolute atomic E-state index is 12.6. The second-order valence-corrected chi connectivity index (χ2v) is 6.53. The van der Waals surface area contributed by atoms with E-state index in [-0.39, 0.29) is 5.91 Å². The Morgan fingerprint density at radius 1 is 1.16 bits per heavy atom. The number of fused-ring (bicyclic) bond motifs is 1. The first-order chi connectivity index (χ1) is 12.2. The standard InChI is InChI=1S/C21H27N3O/c1-3-23(4-2)20-15-17(11-13-22-20)9-10-21(25)24-14-12-18-7-5-6-8-19(18)16-24/h5-8,11,13,15H,3-4,9-10,12,14,16H2,1-2H3. The smallest absolute Gasteiger partial charge is 0.223 e. The topological polar surface area (TPSA) is 36.4 Å². The van der Waals surface area contributed by atoms with Gasteiger partial charge >= 0.3 is 0 Å². The molecule has 0 saturated heterocycles. The molecule has 1 aromatic heterocycles. The predicted octanol–water partition coefficient (Wildman–Crippen LogP) is 3.45. The van der Waals surface area contributed by atoms with Crippen molar-refractivity contribution in [3.63, 3.8) is 0 Å². The van der Waals surface area contributed by atoms with Crippen LogP contribution in [0.4, 0.5) is 5.82 Å². The first kappa shape index (κ1) is 17.5. The molecule has 0 aliphatic carbocycles. The van der Waals surface area contributed by atoms with Gasteiger partial charge in [0.15, 0.2) is 0 Å². The van der Waals surface area contributed by atoms with Gasteiger partial charge in [0.1, 0.15) is 5.82 Å². The van der Waals surface area contributed by atoms with Crippen LogP contribution in [0, 0.1) is 0 Å². The Bertz CT molecular complexity index is 725. The van der Waals surface area contributed by atoms with Gasteiger partial charge in [0.05, 0.1) is 0 Å². The fourth-order valence-corrected chi connectivity index (χ4v) is 3.45. The van der Waals surface area contributed by atoms with E-state index in [9.17, 15) is 4.79 Å². The highest BCUT2D eigenvalue weighted by atomic mass is 16.2. The summed E-state index contributed by atoms with van der Waals surface area (Å²) in [5.41, 5.74) is 3.85. The van der Waals surface area contributed by atoms with Crippen LogP contribution in [-0.2, 0) is 24.2 Å². The molecule has 0 N–H and O–H groups in total. The van der Waals surface area contributed by atoms with Crippen LogP contribution in [-0.4, -0.2) is 35.4 Å². The van der Waals surface area contributed by atoms with Crippen molar-refractivity contribution >= 4 is 11.7 Å². The third-order valence-corrected chi connectivity index (χ3v) is 5.01. The zero-order valence-corrected chi connectivity index (χ0v) is 15.2. The van der Waals surface area contributed by atoms with Gasteiger partial charge in [-0.05, 0) is 55.5 Å². The highest BCUT2D eigenvalue weighted by Gasteiger charge is 2.20. The molecule has 1 aliphatic rings. The van der Waals surface area contributed by atoms with Gasteiger partial charge in [-0.2, -0.15) is 0 Å². The molecule has 1 aliphatic heterocycles. The molecule has 132 valence electrons. The van der Waals surface area contributed by atoms with Crippen LogP contribution in [0.15, 0.2) is 42.6 Å². The van der Waals surface area contributed by atoms with Gasteiger partial charge < -0.3 is 9.80 Å². The number of pyridine rings is 1. The Morgan fingerprint density at radius 2 is 1.92 bits per heavy atom. The molecule has 4 heteroatoms. The first-order valence-electron chi connectivity index (χ1n) is 9.25. The third kappa shape index (κ3) is 4.19. The molecule has 0 fully saturated rings. The lowest BCUT2D eigenvalue weighted by atomic mass is 9.99. The molecule has 0 radical (unpaired) electrons. The lowest BCUT2D eigenvalue weighted by Crippen LogP contribution is -2.36. The third-order valence-electron chi connectivity index (χ3n) is 5.01. The summed E-state index contributed by atoms with van der Waals surface area (Å²) in [6, 6.07) is 12.6. The number of amides is 1. The fraction of sp³-hybridized carbons (Fsp3) is 0.429. The lowest BCUT2D eigenvalue weighted by Gasteiger charge is -2.29. The normalized spacial score (nSPS) is 13.4. The molecule has 0 unspecified atom stereocenters. The number of carbonyl (C=O) groups is 1. The van der Waals surface area contributed by atoms with E-state index in [1.54, 1.807) is 0 Å². The Kier molecular flexibility index (Phi) is 5.69. The van der Waals surface area contributed by atoms with E-state index >= 15 is 0 Å². The number of nitrogens with zero attached hydrogens (tertiary/aromatic N) is 3. The molecule has 0 saturated carbocycles. The van der Waals surface area contributed by atoms with E-state index in [1.807, 2.05) is 17.2 Å². The maximum atomic E-state index is 12.6. The van der Waals surface area contributed by atoms with Gasteiger partial charge in [-0.25, -0.2) is 4.98 Å². The van der Waals surface area contributed by atoms with Crippen molar-refractivity contribution in [2.45, 2.75) is 39.7 Å². The van der Waals surface area contributed by atoms with Gasteiger partial charge in [0, 0.05) is 38.8 Å². The Hall–Kier alpha value is -2.36. The van der Waals surface area contributed by atoms with Gasteiger partial charge in [-0.15, -0.1) is 0 Å². The Labute approximate surface area is 150 Å². The van der Waals surface area contributed by atoms with Crippen molar-refractivity contribution in [2.75, 3.05) is 24.5 Å². The molecule has 0 spiro atoms. The largest absolute Gasteiger partial charge is 0.357 e. The summed E-state index contributed by atoms with van der Waals surface area (Å²) in [7, 11) is 0. The summed E-state index contributed by atoms with van der Waals surface area (Å²) in [6.07, 6.45) is 4.14. The zero-order chi connectivity index (χ0) is 17.6. The summed E-state index contributed by atoms with van der Waals surface area (Å²) in [5.74, 6) is 1.25. The number of carbonyl (C=O) groups excluding carboxylic acids is 1. The van der Waals surface area contributed by atoms with Crippen LogP contribution in [0.1, 0.15) is 37.0 Å². The van der Waals surface area contributed by atoms with E-state index < -0.39 is 0 Å². The summed E-state index contributed by atoms with van der Waals surface area (Å²) >= 11 is 0. The van der Waals surface area contributed by atoms with Crippen molar-refractivity contribution in [1.29, 1.82) is 0 Å². The molecule has 3 rings (SSSR count). The number of aryl methyl sites for hydroxylation is 1. The molecule has 2 heterocycles. The summed E-state index contributed by atoms with van der Waals surface area (Å²) < 4.78 is 0. The van der Waals surface area contributed by atoms with E-state index in [2.05, 4.69) is 54.1 Å². The van der Waals surface area contributed by atoms with Crippen LogP contribution in [0.3, 0.4) is 0 Å². The first-order valence-corrected chi connectivity index (χ1v) is 9.25. The van der Waals surface area contributed by atoms with E-state index in [0.29, 0.717) is 6.42 Å². The minimum Gasteiger partial charge on any atom is -0.357 e. The SMILES string of the molecule is CCN(CC)c1cc(CCC(=O)N2CCc3ccccc3C2)ccn1. The van der Waals surface area contributed by atoms with Gasteiger partial charge in [0.25, 0.3) is 0 Å². The molecule has 0 atom stereocenters. The Morgan fingerprint density at radius 3 is 2.68 bits per heavy atom. The van der Waals surface area contributed by atoms with Crippen LogP contribution in [0.5, 0.6) is 0 Å². The average Bonchev–Trinajstić information content (AvgIpc) is 2.67. The molecule has 25 heavy (non-hydrogen) atoms. The summed E-state index contributed by atoms with van der Waals surface area (Å²) in [6.45, 7) is 7.73. The fourth-order valence-electron chi connectivity index (χ4n) is 3.45. The van der Waals surface area contributed by atoms with Gasteiger partial charge in [-0.3, -0.25) is 4.79 Å². The minimum absolute atomic E-state index is 0.246. The highest BCUT2D eigenvalue weighted by Crippen LogP contribution is 2.20. The molecular weight excluding hydrogens is 310 g/mol. The molecule has 0 bridgehead atoms. The average molecular weight is 337 g/mol. The lowest BCUT2D eigenvalue weighted by molar-refractivity contribution is -0.132. The number of aromatic nitrogens is 1. The quantitative estimate of drug-likeness (QED) is 0.810. The second kappa shape index (κ2) is 8.15. The van der Waals surface area contributed by atoms with E-state index in [0.717, 1.165) is 44.8 Å². The summed E-state index contributed by atoms with van der Waals surface area (Å²) in [4.78, 5) is 21.3. The van der Waals surface area contributed by atoms with Crippen molar-refractivity contribution in [3.05, 3.63) is 59.3 Å². The summed E-state index contributed by atoms with van der Waals surface area (Å²) in [5, 5.41) is 0. The molecule has 1 amide bonds. The van der Waals surface area contributed by atoms with Crippen molar-refractivity contribution < 1.29 is 4.79 Å². The molecule has 1 aromatic carbocycles. The molecule has 2 aromatic rings. The van der Waals surface area contributed by atoms with Crippen molar-refractivity contribution in [3.8, 4) is 0 Å². The monoisotopic (exact) mass is 337 g/mol. The number of hydrogen-bond acceptors (Lipinski definition) is 3. The van der Waals surface area contributed by atoms with Gasteiger partial charge in [-0.1, -0.05) is 24.3 Å². The Balaban J connectivity index is 1.59. The van der Waals surface area contributed by atoms with Crippen molar-refractivity contribution in [2.24, 2.45) is 0 Å². The van der Waals surface area contributed by atoms with E-state index in [4.69, 9.17) is 0 Å². The van der Waals surface area contributed by atoms with Crippen LogP contribution in [0.2, 0.25) is 0 Å². The van der Waals surface area contributed by atoms with Crippen LogP contribution < -0.4 is 4.90 Å². The van der Waals surface area contributed by atoms with Gasteiger partial charge in [0.2, 0.25) is 5.91 Å².